The summed E-state index contributed by atoms with van der Waals surface area (Å²) in [6, 6.07) is 7.64. The zero-order valence-corrected chi connectivity index (χ0v) is 10.4. The van der Waals surface area contributed by atoms with Crippen molar-refractivity contribution in [2.24, 2.45) is 0 Å². The van der Waals surface area contributed by atoms with E-state index >= 15 is 0 Å². The second-order valence-corrected chi connectivity index (χ2v) is 4.21. The lowest BCUT2D eigenvalue weighted by atomic mass is 10.2. The van der Waals surface area contributed by atoms with E-state index in [2.05, 4.69) is 16.8 Å². The van der Waals surface area contributed by atoms with Crippen molar-refractivity contribution in [3.8, 4) is 11.4 Å². The van der Waals surface area contributed by atoms with Gasteiger partial charge in [0, 0.05) is 11.3 Å². The summed E-state index contributed by atoms with van der Waals surface area (Å²) in [5, 5.41) is 7.04. The number of benzene rings is 1. The van der Waals surface area contributed by atoms with E-state index < -0.39 is 0 Å². The Labute approximate surface area is 105 Å². The minimum absolute atomic E-state index is 0.0812. The number of hydrogen-bond donors (Lipinski definition) is 2. The Morgan fingerprint density at radius 2 is 2.35 bits per heavy atom. The molecule has 88 valence electrons. The Bertz CT molecular complexity index is 597. The van der Waals surface area contributed by atoms with Gasteiger partial charge >= 0.3 is 0 Å². The summed E-state index contributed by atoms with van der Waals surface area (Å²) in [5.74, 6) is 0.773. The van der Waals surface area contributed by atoms with Crippen LogP contribution in [0.15, 0.2) is 36.9 Å². The van der Waals surface area contributed by atoms with Crippen LogP contribution in [-0.4, -0.2) is 14.8 Å². The normalized spacial score (nSPS) is 12.3. The molecule has 0 aliphatic carbocycles. The van der Waals surface area contributed by atoms with E-state index in [0.717, 1.165) is 11.4 Å². The summed E-state index contributed by atoms with van der Waals surface area (Å²) in [5.41, 5.74) is 7.41. The predicted octanol–water partition coefficient (Wildman–Crippen LogP) is 2.94. The standard InChI is InChI=1S/C12H14N4S/c1-3-8(2)16-11(14-15-12(16)17)9-5-4-6-10(13)7-9/h3-8H,1,13H2,2H3,(H,15,17). The second kappa shape index (κ2) is 4.55. The number of nitrogens with two attached hydrogens (primary N) is 1. The molecule has 3 N–H and O–H groups in total. The largest absolute Gasteiger partial charge is 0.399 e. The zero-order chi connectivity index (χ0) is 12.4. The molecule has 17 heavy (non-hydrogen) atoms. The van der Waals surface area contributed by atoms with E-state index in [1.54, 1.807) is 0 Å². The molecule has 0 spiro atoms. The Morgan fingerprint density at radius 1 is 1.59 bits per heavy atom. The molecule has 0 radical (unpaired) electrons. The van der Waals surface area contributed by atoms with Crippen LogP contribution in [0.1, 0.15) is 13.0 Å². The van der Waals surface area contributed by atoms with Crippen LogP contribution in [0.2, 0.25) is 0 Å². The van der Waals surface area contributed by atoms with Crippen LogP contribution in [0.4, 0.5) is 5.69 Å². The highest BCUT2D eigenvalue weighted by Gasteiger charge is 2.12. The number of nitrogen functional groups attached to an aromatic ring is 1. The van der Waals surface area contributed by atoms with Gasteiger partial charge in [-0.1, -0.05) is 18.2 Å². The SMILES string of the molecule is C=CC(C)n1c(-c2cccc(N)c2)n[nH]c1=S. The average Bonchev–Trinajstić information content (AvgIpc) is 2.70. The lowest BCUT2D eigenvalue weighted by Gasteiger charge is -2.11. The molecule has 1 unspecified atom stereocenters. The summed E-state index contributed by atoms with van der Waals surface area (Å²) in [6.45, 7) is 5.78. The monoisotopic (exact) mass is 246 g/mol. The molecule has 1 heterocycles. The van der Waals surface area contributed by atoms with E-state index in [9.17, 15) is 0 Å². The van der Waals surface area contributed by atoms with E-state index in [-0.39, 0.29) is 6.04 Å². The van der Waals surface area contributed by atoms with Gasteiger partial charge in [-0.3, -0.25) is 9.67 Å². The molecule has 1 aromatic carbocycles. The lowest BCUT2D eigenvalue weighted by Crippen LogP contribution is -2.04. The first-order valence-electron chi connectivity index (χ1n) is 5.29. The number of aromatic nitrogens is 3. The van der Waals surface area contributed by atoms with Crippen molar-refractivity contribution in [1.29, 1.82) is 0 Å². The molecule has 0 saturated carbocycles. The first kappa shape index (κ1) is 11.6. The molecule has 4 nitrogen and oxygen atoms in total. The van der Waals surface area contributed by atoms with Gasteiger partial charge in [0.25, 0.3) is 0 Å². The second-order valence-electron chi connectivity index (χ2n) is 3.82. The highest BCUT2D eigenvalue weighted by Crippen LogP contribution is 2.23. The fourth-order valence-corrected chi connectivity index (χ4v) is 1.97. The molecule has 0 aliphatic rings. The van der Waals surface area contributed by atoms with Gasteiger partial charge in [0.1, 0.15) is 0 Å². The Hall–Kier alpha value is -1.88. The van der Waals surface area contributed by atoms with Crippen LogP contribution in [0.3, 0.4) is 0 Å². The molecular formula is C12H14N4S. The third-order valence-corrected chi connectivity index (χ3v) is 2.89. The number of aromatic amines is 1. The van der Waals surface area contributed by atoms with Crippen molar-refractivity contribution in [2.45, 2.75) is 13.0 Å². The number of nitrogens with one attached hydrogen (secondary N) is 1. The number of anilines is 1. The molecular weight excluding hydrogens is 232 g/mol. The van der Waals surface area contributed by atoms with E-state index in [1.807, 2.05) is 41.8 Å². The lowest BCUT2D eigenvalue weighted by molar-refractivity contribution is 0.657. The van der Waals surface area contributed by atoms with Crippen LogP contribution >= 0.6 is 12.2 Å². The van der Waals surface area contributed by atoms with Crippen LogP contribution < -0.4 is 5.73 Å². The van der Waals surface area contributed by atoms with Crippen molar-refractivity contribution in [3.05, 3.63) is 41.7 Å². The van der Waals surface area contributed by atoms with E-state index in [1.165, 1.54) is 0 Å². The molecule has 0 saturated heterocycles. The highest BCUT2D eigenvalue weighted by molar-refractivity contribution is 7.71. The average molecular weight is 246 g/mol. The van der Waals surface area contributed by atoms with Crippen molar-refractivity contribution in [2.75, 3.05) is 5.73 Å². The van der Waals surface area contributed by atoms with E-state index in [0.29, 0.717) is 10.5 Å². The van der Waals surface area contributed by atoms with Gasteiger partial charge in [-0.05, 0) is 31.3 Å². The molecule has 2 rings (SSSR count). The number of H-pyrrole nitrogens is 1. The first-order valence-corrected chi connectivity index (χ1v) is 5.69. The van der Waals surface area contributed by atoms with Crippen molar-refractivity contribution in [3.63, 3.8) is 0 Å². The van der Waals surface area contributed by atoms with Crippen molar-refractivity contribution < 1.29 is 0 Å². The van der Waals surface area contributed by atoms with Crippen molar-refractivity contribution >= 4 is 17.9 Å². The van der Waals surface area contributed by atoms with Gasteiger partial charge < -0.3 is 5.73 Å². The van der Waals surface area contributed by atoms with Gasteiger partial charge in [0.15, 0.2) is 10.6 Å². The minimum atomic E-state index is 0.0812. The molecule has 0 bridgehead atoms. The Morgan fingerprint density at radius 3 is 3.00 bits per heavy atom. The maximum absolute atomic E-state index is 5.77. The zero-order valence-electron chi connectivity index (χ0n) is 9.55. The summed E-state index contributed by atoms with van der Waals surface area (Å²) in [6.07, 6.45) is 1.82. The first-order chi connectivity index (χ1) is 8.13. The van der Waals surface area contributed by atoms with Crippen LogP contribution in [0, 0.1) is 4.77 Å². The van der Waals surface area contributed by atoms with Gasteiger partial charge in [0.05, 0.1) is 6.04 Å². The maximum Gasteiger partial charge on any atom is 0.195 e. The molecule has 1 aromatic heterocycles. The third kappa shape index (κ3) is 2.14. The number of rotatable bonds is 3. The smallest absolute Gasteiger partial charge is 0.195 e. The summed E-state index contributed by atoms with van der Waals surface area (Å²) in [4.78, 5) is 0. The maximum atomic E-state index is 5.77. The molecule has 0 fully saturated rings. The molecule has 0 aliphatic heterocycles. The molecule has 1 atom stereocenters. The number of allylic oxidation sites excluding steroid dienone is 1. The minimum Gasteiger partial charge on any atom is -0.399 e. The third-order valence-electron chi connectivity index (χ3n) is 2.60. The summed E-state index contributed by atoms with van der Waals surface area (Å²) in [7, 11) is 0. The van der Waals surface area contributed by atoms with Crippen LogP contribution in [0.25, 0.3) is 11.4 Å². The van der Waals surface area contributed by atoms with Gasteiger partial charge in [-0.2, -0.15) is 5.10 Å². The van der Waals surface area contributed by atoms with Crippen LogP contribution in [-0.2, 0) is 0 Å². The quantitative estimate of drug-likeness (QED) is 0.497. The van der Waals surface area contributed by atoms with Crippen LogP contribution in [0.5, 0.6) is 0 Å². The van der Waals surface area contributed by atoms with Gasteiger partial charge in [-0.15, -0.1) is 6.58 Å². The molecule has 0 amide bonds. The number of nitrogens with zero attached hydrogens (tertiary/aromatic N) is 2. The highest BCUT2D eigenvalue weighted by atomic mass is 32.1. The predicted molar refractivity (Wildman–Crippen MR) is 72.2 cm³/mol. The van der Waals surface area contributed by atoms with Gasteiger partial charge in [-0.25, -0.2) is 0 Å². The van der Waals surface area contributed by atoms with Crippen molar-refractivity contribution in [1.82, 2.24) is 14.8 Å². The molecule has 5 heteroatoms. The van der Waals surface area contributed by atoms with Gasteiger partial charge in [0.2, 0.25) is 0 Å². The Balaban J connectivity index is 2.60. The topological polar surface area (TPSA) is 59.6 Å². The molecule has 2 aromatic rings. The fourth-order valence-electron chi connectivity index (χ4n) is 1.67. The summed E-state index contributed by atoms with van der Waals surface area (Å²) >= 11 is 5.21. The fraction of sp³-hybridized carbons (Fsp3) is 0.167. The number of hydrogen-bond acceptors (Lipinski definition) is 3. The Kier molecular flexibility index (Phi) is 3.10. The van der Waals surface area contributed by atoms with E-state index in [4.69, 9.17) is 18.0 Å². The summed E-state index contributed by atoms with van der Waals surface area (Å²) < 4.78 is 2.49.